The van der Waals surface area contributed by atoms with Crippen LogP contribution in [0.25, 0.3) is 0 Å². The van der Waals surface area contributed by atoms with Crippen molar-refractivity contribution in [2.75, 3.05) is 20.1 Å². The van der Waals surface area contributed by atoms with Crippen LogP contribution >= 0.6 is 12.4 Å². The minimum Gasteiger partial charge on any atom is -0.327 e. The third kappa shape index (κ3) is 6.65. The highest BCUT2D eigenvalue weighted by molar-refractivity contribution is 7.87. The molecule has 0 aromatic carbocycles. The molecule has 0 aromatic heterocycles. The minimum atomic E-state index is -3.30. The summed E-state index contributed by atoms with van der Waals surface area (Å²) in [6, 6.07) is 0.0456. The summed E-state index contributed by atoms with van der Waals surface area (Å²) in [4.78, 5) is 0. The molecule has 0 heterocycles. The van der Waals surface area contributed by atoms with Gasteiger partial charge in [-0.1, -0.05) is 20.8 Å². The smallest absolute Gasteiger partial charge is 0.279 e. The summed E-state index contributed by atoms with van der Waals surface area (Å²) < 4.78 is 26.7. The van der Waals surface area contributed by atoms with E-state index in [0.717, 1.165) is 0 Å². The Morgan fingerprint density at radius 1 is 1.38 bits per heavy atom. The van der Waals surface area contributed by atoms with Crippen LogP contribution in [0.3, 0.4) is 0 Å². The van der Waals surface area contributed by atoms with Crippen molar-refractivity contribution < 1.29 is 8.42 Å². The van der Waals surface area contributed by atoms with E-state index in [1.54, 1.807) is 14.0 Å². The molecule has 0 aliphatic rings. The largest absolute Gasteiger partial charge is 0.327 e. The molecular formula is C9H24ClN3O2S. The fourth-order valence-electron chi connectivity index (χ4n) is 1.08. The Morgan fingerprint density at radius 3 is 2.25 bits per heavy atom. The summed E-state index contributed by atoms with van der Waals surface area (Å²) in [5.41, 5.74) is 5.84. The zero-order chi connectivity index (χ0) is 12.1. The Kier molecular flexibility index (Phi) is 9.53. The lowest BCUT2D eigenvalue weighted by Crippen LogP contribution is -2.40. The Bertz CT molecular complexity index is 270. The Labute approximate surface area is 105 Å². The molecular weight excluding hydrogens is 250 g/mol. The molecule has 0 saturated heterocycles. The molecule has 1 atom stereocenters. The van der Waals surface area contributed by atoms with Crippen molar-refractivity contribution in [2.45, 2.75) is 33.2 Å². The van der Waals surface area contributed by atoms with Crippen molar-refractivity contribution in [1.82, 2.24) is 9.03 Å². The van der Waals surface area contributed by atoms with Gasteiger partial charge in [0, 0.05) is 26.2 Å². The number of halogens is 1. The van der Waals surface area contributed by atoms with Crippen molar-refractivity contribution in [3.05, 3.63) is 0 Å². The van der Waals surface area contributed by atoms with Gasteiger partial charge >= 0.3 is 0 Å². The van der Waals surface area contributed by atoms with Gasteiger partial charge in [-0.25, -0.2) is 4.72 Å². The predicted octanol–water partition coefficient (Wildman–Crippen LogP) is 0.568. The highest BCUT2D eigenvalue weighted by Crippen LogP contribution is 2.05. The first-order valence-corrected chi connectivity index (χ1v) is 6.71. The van der Waals surface area contributed by atoms with Gasteiger partial charge in [0.1, 0.15) is 0 Å². The summed E-state index contributed by atoms with van der Waals surface area (Å²) in [5, 5.41) is 0. The van der Waals surface area contributed by atoms with E-state index >= 15 is 0 Å². The third-order valence-electron chi connectivity index (χ3n) is 2.37. The second-order valence-electron chi connectivity index (χ2n) is 4.02. The van der Waals surface area contributed by atoms with Crippen LogP contribution < -0.4 is 10.5 Å². The molecule has 0 rings (SSSR count). The molecule has 0 aliphatic carbocycles. The van der Waals surface area contributed by atoms with E-state index in [1.807, 2.05) is 13.8 Å². The first-order chi connectivity index (χ1) is 6.81. The lowest BCUT2D eigenvalue weighted by Gasteiger charge is -2.21. The molecule has 100 valence electrons. The van der Waals surface area contributed by atoms with E-state index in [-0.39, 0.29) is 18.4 Å². The zero-order valence-electron chi connectivity index (χ0n) is 10.4. The molecule has 0 bridgehead atoms. The molecule has 0 aromatic rings. The van der Waals surface area contributed by atoms with Crippen LogP contribution in [0.1, 0.15) is 27.2 Å². The summed E-state index contributed by atoms with van der Waals surface area (Å²) in [6.07, 6.45) is 0.679. The molecule has 1 unspecified atom stereocenters. The minimum absolute atomic E-state index is 0. The van der Waals surface area contributed by atoms with Crippen LogP contribution in [-0.2, 0) is 10.2 Å². The van der Waals surface area contributed by atoms with Crippen molar-refractivity contribution in [3.8, 4) is 0 Å². The van der Waals surface area contributed by atoms with Crippen molar-refractivity contribution in [1.29, 1.82) is 0 Å². The average molecular weight is 274 g/mol. The highest BCUT2D eigenvalue weighted by atomic mass is 35.5. The molecule has 3 N–H and O–H groups in total. The molecule has 0 fully saturated rings. The number of nitrogens with zero attached hydrogens (tertiary/aromatic N) is 1. The third-order valence-corrected chi connectivity index (χ3v) is 4.03. The van der Waals surface area contributed by atoms with E-state index in [1.165, 1.54) is 4.31 Å². The molecule has 0 aliphatic heterocycles. The Balaban J connectivity index is 0. The van der Waals surface area contributed by atoms with Gasteiger partial charge in [-0.3, -0.25) is 0 Å². The second kappa shape index (κ2) is 8.25. The Morgan fingerprint density at radius 2 is 1.88 bits per heavy atom. The Hall–Kier alpha value is 0.120. The quantitative estimate of drug-likeness (QED) is 0.712. The number of hydrogen-bond donors (Lipinski definition) is 2. The monoisotopic (exact) mass is 273 g/mol. The van der Waals surface area contributed by atoms with E-state index in [9.17, 15) is 8.42 Å². The van der Waals surface area contributed by atoms with Gasteiger partial charge in [-0.05, 0) is 12.3 Å². The molecule has 5 nitrogen and oxygen atoms in total. The first kappa shape index (κ1) is 18.5. The van der Waals surface area contributed by atoms with Gasteiger partial charge in [0.15, 0.2) is 0 Å². The number of rotatable bonds is 7. The normalized spacial score (nSPS) is 13.9. The molecule has 7 heteroatoms. The average Bonchev–Trinajstić information content (AvgIpc) is 2.13. The van der Waals surface area contributed by atoms with E-state index in [2.05, 4.69) is 4.72 Å². The van der Waals surface area contributed by atoms with E-state index in [0.29, 0.717) is 25.4 Å². The number of nitrogens with one attached hydrogen (secondary N) is 1. The topological polar surface area (TPSA) is 75.4 Å². The molecule has 0 amide bonds. The number of nitrogens with two attached hydrogens (primary N) is 1. The lowest BCUT2D eigenvalue weighted by atomic mass is 10.0. The van der Waals surface area contributed by atoms with Gasteiger partial charge in [-0.2, -0.15) is 12.7 Å². The molecule has 0 spiro atoms. The standard InChI is InChI=1S/C9H23N3O2S.ClH/c1-5-11-15(13,14)12(4)7-6-9(10)8(2)3;/h8-9,11H,5-7,10H2,1-4H3;1H. The van der Waals surface area contributed by atoms with Crippen LogP contribution in [0, 0.1) is 5.92 Å². The first-order valence-electron chi connectivity index (χ1n) is 5.27. The number of hydrogen-bond acceptors (Lipinski definition) is 3. The summed E-state index contributed by atoms with van der Waals surface area (Å²) in [6.45, 7) is 6.68. The fourth-order valence-corrected chi connectivity index (χ4v) is 2.01. The van der Waals surface area contributed by atoms with Gasteiger partial charge < -0.3 is 5.73 Å². The lowest BCUT2D eigenvalue weighted by molar-refractivity contribution is 0.394. The van der Waals surface area contributed by atoms with Crippen LogP contribution in [0.4, 0.5) is 0 Å². The van der Waals surface area contributed by atoms with Gasteiger partial charge in [0.2, 0.25) is 0 Å². The van der Waals surface area contributed by atoms with Crippen LogP contribution in [0.2, 0.25) is 0 Å². The van der Waals surface area contributed by atoms with Gasteiger partial charge in [0.25, 0.3) is 10.2 Å². The van der Waals surface area contributed by atoms with Crippen molar-refractivity contribution >= 4 is 22.6 Å². The fraction of sp³-hybridized carbons (Fsp3) is 1.00. The molecule has 16 heavy (non-hydrogen) atoms. The maximum absolute atomic E-state index is 11.5. The van der Waals surface area contributed by atoms with E-state index in [4.69, 9.17) is 5.73 Å². The highest BCUT2D eigenvalue weighted by Gasteiger charge is 2.17. The van der Waals surface area contributed by atoms with E-state index < -0.39 is 10.2 Å². The van der Waals surface area contributed by atoms with Crippen molar-refractivity contribution in [3.63, 3.8) is 0 Å². The second-order valence-corrected chi connectivity index (χ2v) is 5.88. The maximum atomic E-state index is 11.5. The SMILES string of the molecule is CCNS(=O)(=O)N(C)CCC(N)C(C)C.Cl. The van der Waals surface area contributed by atoms with Crippen molar-refractivity contribution in [2.24, 2.45) is 11.7 Å². The van der Waals surface area contributed by atoms with Crippen LogP contribution in [-0.4, -0.2) is 38.9 Å². The summed E-state index contributed by atoms with van der Waals surface area (Å²) in [5.74, 6) is 0.375. The maximum Gasteiger partial charge on any atom is 0.279 e. The van der Waals surface area contributed by atoms with Gasteiger partial charge in [0.05, 0.1) is 0 Å². The van der Waals surface area contributed by atoms with Crippen LogP contribution in [0.15, 0.2) is 0 Å². The zero-order valence-corrected chi connectivity index (χ0v) is 12.1. The molecule has 0 saturated carbocycles. The summed E-state index contributed by atoms with van der Waals surface area (Å²) >= 11 is 0. The van der Waals surface area contributed by atoms with Crippen LogP contribution in [0.5, 0.6) is 0 Å². The summed E-state index contributed by atoms with van der Waals surface area (Å²) in [7, 11) is -1.74. The predicted molar refractivity (Wildman–Crippen MR) is 69.9 cm³/mol. The van der Waals surface area contributed by atoms with Gasteiger partial charge in [-0.15, -0.1) is 12.4 Å². The molecule has 0 radical (unpaired) electrons.